The summed E-state index contributed by atoms with van der Waals surface area (Å²) in [5.74, 6) is -0.501. The summed E-state index contributed by atoms with van der Waals surface area (Å²) in [7, 11) is 0. The Morgan fingerprint density at radius 3 is 2.56 bits per heavy atom. The molecule has 1 atom stereocenters. The highest BCUT2D eigenvalue weighted by Crippen LogP contribution is 2.40. The number of hydrogen-bond donors (Lipinski definition) is 0. The minimum absolute atomic E-state index is 0.0409. The molecule has 0 aromatic heterocycles. The van der Waals surface area contributed by atoms with Crippen molar-refractivity contribution in [3.63, 3.8) is 0 Å². The van der Waals surface area contributed by atoms with Crippen LogP contribution >= 0.6 is 39.3 Å². The van der Waals surface area contributed by atoms with Crippen molar-refractivity contribution in [1.82, 2.24) is 0 Å². The van der Waals surface area contributed by atoms with Crippen LogP contribution in [0.15, 0.2) is 23.1 Å². The number of benzene rings is 1. The molecule has 1 nitrogen and oxygen atoms in total. The summed E-state index contributed by atoms with van der Waals surface area (Å²) < 4.78 is 37.3. The standard InChI is InChI=1S/C11H9BrClF3OS/c1-6(13)10(17)9-7(5-12)3-2-4-8(9)18-11(14,15)16/h2-4,6H,5H2,1H3. The molecule has 1 unspecified atom stereocenters. The molecule has 0 aliphatic heterocycles. The van der Waals surface area contributed by atoms with Crippen molar-refractivity contribution in [1.29, 1.82) is 0 Å². The number of carbonyl (C=O) groups excluding carboxylic acids is 1. The van der Waals surface area contributed by atoms with Gasteiger partial charge in [0.2, 0.25) is 0 Å². The largest absolute Gasteiger partial charge is 0.446 e. The maximum Gasteiger partial charge on any atom is 0.446 e. The molecule has 0 aliphatic carbocycles. The van der Waals surface area contributed by atoms with E-state index >= 15 is 0 Å². The Morgan fingerprint density at radius 2 is 2.11 bits per heavy atom. The van der Waals surface area contributed by atoms with Gasteiger partial charge < -0.3 is 0 Å². The first-order chi connectivity index (χ1) is 8.26. The Labute approximate surface area is 120 Å². The van der Waals surface area contributed by atoms with Gasteiger partial charge in [0.05, 0.1) is 5.38 Å². The predicted molar refractivity (Wildman–Crippen MR) is 70.6 cm³/mol. The quantitative estimate of drug-likeness (QED) is 0.426. The fourth-order valence-electron chi connectivity index (χ4n) is 1.38. The van der Waals surface area contributed by atoms with Crippen LogP contribution in [0.1, 0.15) is 22.8 Å². The lowest BCUT2D eigenvalue weighted by atomic mass is 10.0. The van der Waals surface area contributed by atoms with E-state index in [4.69, 9.17) is 11.6 Å². The van der Waals surface area contributed by atoms with Crippen LogP contribution in [0.5, 0.6) is 0 Å². The molecule has 1 aromatic rings. The molecule has 0 aliphatic rings. The summed E-state index contributed by atoms with van der Waals surface area (Å²) in [4.78, 5) is 11.8. The van der Waals surface area contributed by atoms with E-state index in [1.807, 2.05) is 0 Å². The average Bonchev–Trinajstić information content (AvgIpc) is 2.25. The van der Waals surface area contributed by atoms with Crippen molar-refractivity contribution < 1.29 is 18.0 Å². The molecule has 0 N–H and O–H groups in total. The summed E-state index contributed by atoms with van der Waals surface area (Å²) in [5.41, 5.74) is -3.89. The van der Waals surface area contributed by atoms with Crippen LogP contribution in [0.4, 0.5) is 13.2 Å². The van der Waals surface area contributed by atoms with Gasteiger partial charge in [-0.15, -0.1) is 11.6 Å². The second-order valence-corrected chi connectivity index (χ2v) is 5.77. The molecule has 1 rings (SSSR count). The zero-order valence-electron chi connectivity index (χ0n) is 9.22. The van der Waals surface area contributed by atoms with Crippen molar-refractivity contribution in [2.75, 3.05) is 0 Å². The second kappa shape index (κ2) is 6.30. The molecule has 0 bridgehead atoms. The lowest BCUT2D eigenvalue weighted by Gasteiger charge is -2.14. The van der Waals surface area contributed by atoms with Crippen LogP contribution in [0.3, 0.4) is 0 Å². The Balaban J connectivity index is 3.29. The summed E-state index contributed by atoms with van der Waals surface area (Å²) in [6.45, 7) is 1.44. The highest BCUT2D eigenvalue weighted by molar-refractivity contribution is 9.08. The van der Waals surface area contributed by atoms with Gasteiger partial charge >= 0.3 is 5.51 Å². The SMILES string of the molecule is CC(Cl)C(=O)c1c(CBr)cccc1SC(F)(F)F. The highest BCUT2D eigenvalue weighted by atomic mass is 79.9. The van der Waals surface area contributed by atoms with Gasteiger partial charge in [-0.05, 0) is 30.3 Å². The smallest absolute Gasteiger partial charge is 0.292 e. The summed E-state index contributed by atoms with van der Waals surface area (Å²) in [5, 5.41) is -0.568. The fraction of sp³-hybridized carbons (Fsp3) is 0.364. The minimum Gasteiger partial charge on any atom is -0.292 e. The van der Waals surface area contributed by atoms with Gasteiger partial charge in [0, 0.05) is 15.8 Å². The first kappa shape index (κ1) is 15.9. The van der Waals surface area contributed by atoms with Crippen molar-refractivity contribution in [3.05, 3.63) is 29.3 Å². The van der Waals surface area contributed by atoms with Crippen LogP contribution in [0.2, 0.25) is 0 Å². The van der Waals surface area contributed by atoms with E-state index in [-0.39, 0.29) is 22.2 Å². The Bertz CT molecular complexity index is 448. The summed E-state index contributed by atoms with van der Waals surface area (Å²) in [6, 6.07) is 4.36. The molecule has 1 aromatic carbocycles. The maximum absolute atomic E-state index is 12.4. The molecule has 0 fully saturated rings. The fourth-order valence-corrected chi connectivity index (χ4v) is 2.68. The zero-order chi connectivity index (χ0) is 13.9. The van der Waals surface area contributed by atoms with Crippen LogP contribution in [0.25, 0.3) is 0 Å². The molecule has 0 saturated carbocycles. The van der Waals surface area contributed by atoms with Crippen LogP contribution in [0, 0.1) is 0 Å². The molecular formula is C11H9BrClF3OS. The predicted octanol–water partition coefficient (Wildman–Crippen LogP) is 5.00. The number of hydrogen-bond acceptors (Lipinski definition) is 2. The normalized spacial score (nSPS) is 13.4. The molecular weight excluding hydrogens is 353 g/mol. The molecule has 18 heavy (non-hydrogen) atoms. The molecule has 0 spiro atoms. The Kier molecular flexibility index (Phi) is 5.55. The number of thioether (sulfide) groups is 1. The molecule has 0 heterocycles. The Hall–Kier alpha value is -0.200. The third-order valence-corrected chi connectivity index (χ3v) is 3.68. The van der Waals surface area contributed by atoms with Crippen molar-refractivity contribution in [2.24, 2.45) is 0 Å². The van der Waals surface area contributed by atoms with Crippen LogP contribution in [-0.4, -0.2) is 16.7 Å². The topological polar surface area (TPSA) is 17.1 Å². The summed E-state index contributed by atoms with van der Waals surface area (Å²) >= 11 is 8.54. The number of ketones is 1. The van der Waals surface area contributed by atoms with E-state index in [1.54, 1.807) is 6.07 Å². The van der Waals surface area contributed by atoms with E-state index < -0.39 is 16.7 Å². The minimum atomic E-state index is -4.44. The number of Topliss-reactive ketones (excluding diaryl/α,β-unsaturated/α-hetero) is 1. The zero-order valence-corrected chi connectivity index (χ0v) is 12.4. The number of halogens is 5. The van der Waals surface area contributed by atoms with Gasteiger partial charge in [0.25, 0.3) is 0 Å². The lowest BCUT2D eigenvalue weighted by Crippen LogP contribution is -2.15. The van der Waals surface area contributed by atoms with Crippen molar-refractivity contribution >= 4 is 45.1 Å². The van der Waals surface area contributed by atoms with Gasteiger partial charge in [0.1, 0.15) is 0 Å². The number of rotatable bonds is 4. The second-order valence-electron chi connectivity index (χ2n) is 3.45. The molecule has 100 valence electrons. The molecule has 0 radical (unpaired) electrons. The van der Waals surface area contributed by atoms with Crippen LogP contribution < -0.4 is 0 Å². The first-order valence-corrected chi connectivity index (χ1v) is 7.25. The first-order valence-electron chi connectivity index (χ1n) is 4.88. The van der Waals surface area contributed by atoms with Crippen molar-refractivity contribution in [3.8, 4) is 0 Å². The Morgan fingerprint density at radius 1 is 1.50 bits per heavy atom. The van der Waals surface area contributed by atoms with Gasteiger partial charge in [-0.25, -0.2) is 0 Å². The third-order valence-electron chi connectivity index (χ3n) is 2.09. The van der Waals surface area contributed by atoms with Gasteiger partial charge in [-0.2, -0.15) is 13.2 Å². The lowest BCUT2D eigenvalue weighted by molar-refractivity contribution is -0.0328. The molecule has 0 amide bonds. The number of alkyl halides is 5. The van der Waals surface area contributed by atoms with E-state index in [2.05, 4.69) is 15.9 Å². The van der Waals surface area contributed by atoms with Gasteiger partial charge in [-0.1, -0.05) is 28.1 Å². The monoisotopic (exact) mass is 360 g/mol. The molecule has 7 heteroatoms. The molecule has 0 saturated heterocycles. The van der Waals surface area contributed by atoms with E-state index in [9.17, 15) is 18.0 Å². The van der Waals surface area contributed by atoms with Crippen LogP contribution in [-0.2, 0) is 5.33 Å². The van der Waals surface area contributed by atoms with E-state index in [0.29, 0.717) is 10.9 Å². The van der Waals surface area contributed by atoms with Gasteiger partial charge in [0.15, 0.2) is 5.78 Å². The third kappa shape index (κ3) is 4.17. The van der Waals surface area contributed by atoms with E-state index in [0.717, 1.165) is 0 Å². The number of carbonyl (C=O) groups is 1. The highest BCUT2D eigenvalue weighted by Gasteiger charge is 2.32. The summed E-state index contributed by atoms with van der Waals surface area (Å²) in [6.07, 6.45) is 0. The average molecular weight is 362 g/mol. The van der Waals surface area contributed by atoms with Crippen molar-refractivity contribution in [2.45, 2.75) is 28.0 Å². The van der Waals surface area contributed by atoms with E-state index in [1.165, 1.54) is 19.1 Å². The van der Waals surface area contributed by atoms with Gasteiger partial charge in [-0.3, -0.25) is 4.79 Å². The maximum atomic E-state index is 12.4.